The Bertz CT molecular complexity index is 463. The summed E-state index contributed by atoms with van der Waals surface area (Å²) >= 11 is 0. The molecule has 0 N–H and O–H groups in total. The number of likely N-dealkylation sites (N-methyl/N-ethyl adjacent to an activating group) is 1. The maximum Gasteiger partial charge on any atom is 0.282 e. The first-order valence-corrected chi connectivity index (χ1v) is 8.20. The predicted octanol–water partition coefficient (Wildman–Crippen LogP) is -1.19. The maximum atomic E-state index is 12.5. The van der Waals surface area contributed by atoms with Crippen LogP contribution in [0.5, 0.6) is 0 Å². The topological polar surface area (TPSA) is 64.2 Å². The van der Waals surface area contributed by atoms with Crippen molar-refractivity contribution in [2.45, 2.75) is 0 Å². The van der Waals surface area contributed by atoms with Crippen LogP contribution in [0.25, 0.3) is 0 Å². The van der Waals surface area contributed by atoms with E-state index in [2.05, 4.69) is 11.5 Å². The molecule has 0 unspecified atom stereocenters. The Kier molecular flexibility index (Phi) is 4.79. The van der Waals surface area contributed by atoms with Gasteiger partial charge in [0.25, 0.3) is 10.2 Å². The summed E-state index contributed by atoms with van der Waals surface area (Å²) in [6.45, 7) is 7.60. The zero-order chi connectivity index (χ0) is 14.8. The van der Waals surface area contributed by atoms with Gasteiger partial charge >= 0.3 is 0 Å². The van der Waals surface area contributed by atoms with E-state index in [-0.39, 0.29) is 5.91 Å². The number of carbonyl (C=O) groups excluding carboxylic acids is 1. The first-order valence-electron chi connectivity index (χ1n) is 6.80. The van der Waals surface area contributed by atoms with Crippen molar-refractivity contribution in [3.8, 4) is 0 Å². The number of nitrogens with zero attached hydrogens (tertiary/aromatic N) is 4. The van der Waals surface area contributed by atoms with Gasteiger partial charge in [0.05, 0.1) is 0 Å². The van der Waals surface area contributed by atoms with Crippen LogP contribution in [0.15, 0.2) is 12.7 Å². The third kappa shape index (κ3) is 3.20. The van der Waals surface area contributed by atoms with Crippen molar-refractivity contribution in [1.29, 1.82) is 0 Å². The maximum absolute atomic E-state index is 12.5. The van der Waals surface area contributed by atoms with Crippen molar-refractivity contribution in [2.75, 3.05) is 59.4 Å². The predicted molar refractivity (Wildman–Crippen MR) is 76.3 cm³/mol. The Balaban J connectivity index is 1.95. The molecule has 0 spiro atoms. The van der Waals surface area contributed by atoms with Gasteiger partial charge in [-0.15, -0.1) is 0 Å². The summed E-state index contributed by atoms with van der Waals surface area (Å²) in [6.07, 6.45) is 1.27. The molecule has 2 heterocycles. The van der Waals surface area contributed by atoms with Gasteiger partial charge in [-0.2, -0.15) is 17.0 Å². The zero-order valence-corrected chi connectivity index (χ0v) is 12.7. The Hall–Kier alpha value is -0.960. The molecule has 7 nitrogen and oxygen atoms in total. The van der Waals surface area contributed by atoms with Gasteiger partial charge < -0.3 is 9.80 Å². The first-order chi connectivity index (χ1) is 9.45. The molecule has 20 heavy (non-hydrogen) atoms. The molecule has 2 saturated heterocycles. The smallest absolute Gasteiger partial charge is 0.282 e. The van der Waals surface area contributed by atoms with E-state index in [1.807, 2.05) is 7.05 Å². The van der Waals surface area contributed by atoms with Crippen molar-refractivity contribution in [2.24, 2.45) is 0 Å². The van der Waals surface area contributed by atoms with Gasteiger partial charge in [0.15, 0.2) is 0 Å². The van der Waals surface area contributed by atoms with E-state index < -0.39 is 10.2 Å². The lowest BCUT2D eigenvalue weighted by molar-refractivity contribution is -0.127. The Morgan fingerprint density at radius 2 is 1.40 bits per heavy atom. The zero-order valence-electron chi connectivity index (χ0n) is 11.9. The van der Waals surface area contributed by atoms with E-state index in [1.54, 1.807) is 4.90 Å². The Morgan fingerprint density at radius 1 is 0.950 bits per heavy atom. The highest BCUT2D eigenvalue weighted by Crippen LogP contribution is 2.14. The van der Waals surface area contributed by atoms with Crippen LogP contribution in [0, 0.1) is 0 Å². The number of amides is 1. The molecule has 0 aromatic carbocycles. The van der Waals surface area contributed by atoms with Crippen LogP contribution in [0.3, 0.4) is 0 Å². The molecule has 0 atom stereocenters. The molecule has 2 aliphatic rings. The summed E-state index contributed by atoms with van der Waals surface area (Å²) in [7, 11) is -1.40. The molecular weight excluding hydrogens is 280 g/mol. The molecule has 0 aromatic heterocycles. The number of hydrogen-bond donors (Lipinski definition) is 0. The minimum Gasteiger partial charge on any atom is -0.337 e. The monoisotopic (exact) mass is 302 g/mol. The van der Waals surface area contributed by atoms with Crippen molar-refractivity contribution in [3.05, 3.63) is 12.7 Å². The molecule has 0 radical (unpaired) electrons. The quantitative estimate of drug-likeness (QED) is 0.615. The van der Waals surface area contributed by atoms with Gasteiger partial charge in [-0.3, -0.25) is 4.79 Å². The van der Waals surface area contributed by atoms with Crippen LogP contribution >= 0.6 is 0 Å². The van der Waals surface area contributed by atoms with Crippen LogP contribution in [0.1, 0.15) is 0 Å². The third-order valence-electron chi connectivity index (χ3n) is 3.84. The lowest BCUT2D eigenvalue weighted by Gasteiger charge is -2.38. The second-order valence-electron chi connectivity index (χ2n) is 5.14. The van der Waals surface area contributed by atoms with Gasteiger partial charge in [-0.1, -0.05) is 6.58 Å². The van der Waals surface area contributed by atoms with Gasteiger partial charge in [0, 0.05) is 52.4 Å². The van der Waals surface area contributed by atoms with Gasteiger partial charge in [0.1, 0.15) is 0 Å². The van der Waals surface area contributed by atoms with Crippen LogP contribution < -0.4 is 0 Å². The number of rotatable bonds is 3. The summed E-state index contributed by atoms with van der Waals surface area (Å²) < 4.78 is 28.0. The average molecular weight is 302 g/mol. The SMILES string of the molecule is C=CC(=O)N1CCN(S(=O)(=O)N2CCN(C)CC2)CC1. The van der Waals surface area contributed by atoms with Crippen molar-refractivity contribution in [1.82, 2.24) is 18.4 Å². The minimum absolute atomic E-state index is 0.137. The second-order valence-corrected chi connectivity index (χ2v) is 7.07. The highest BCUT2D eigenvalue weighted by Gasteiger charge is 2.34. The molecular formula is C12H22N4O3S. The normalized spacial score (nSPS) is 23.8. The van der Waals surface area contributed by atoms with Gasteiger partial charge in [-0.25, -0.2) is 0 Å². The Labute approximate surface area is 120 Å². The lowest BCUT2D eigenvalue weighted by Crippen LogP contribution is -2.57. The fourth-order valence-electron chi connectivity index (χ4n) is 2.45. The number of hydrogen-bond acceptors (Lipinski definition) is 4. The lowest BCUT2D eigenvalue weighted by atomic mass is 10.3. The van der Waals surface area contributed by atoms with Crippen molar-refractivity contribution >= 4 is 16.1 Å². The molecule has 0 aromatic rings. The third-order valence-corrected chi connectivity index (χ3v) is 5.88. The molecule has 0 aliphatic carbocycles. The van der Waals surface area contributed by atoms with E-state index in [0.717, 1.165) is 13.1 Å². The summed E-state index contributed by atoms with van der Waals surface area (Å²) in [5.41, 5.74) is 0. The largest absolute Gasteiger partial charge is 0.337 e. The van der Waals surface area contributed by atoms with Crippen LogP contribution in [0.4, 0.5) is 0 Å². The van der Waals surface area contributed by atoms with E-state index in [4.69, 9.17) is 0 Å². The molecule has 2 aliphatic heterocycles. The Morgan fingerprint density at radius 3 is 1.85 bits per heavy atom. The average Bonchev–Trinajstić information content (AvgIpc) is 2.47. The molecule has 0 bridgehead atoms. The molecule has 8 heteroatoms. The molecule has 0 saturated carbocycles. The molecule has 1 amide bonds. The fourth-order valence-corrected chi connectivity index (χ4v) is 4.03. The highest BCUT2D eigenvalue weighted by atomic mass is 32.2. The highest BCUT2D eigenvalue weighted by molar-refractivity contribution is 7.86. The molecule has 2 fully saturated rings. The van der Waals surface area contributed by atoms with E-state index in [1.165, 1.54) is 14.7 Å². The molecule has 114 valence electrons. The van der Waals surface area contributed by atoms with E-state index in [9.17, 15) is 13.2 Å². The van der Waals surface area contributed by atoms with Crippen molar-refractivity contribution < 1.29 is 13.2 Å². The first kappa shape index (κ1) is 15.4. The van der Waals surface area contributed by atoms with E-state index >= 15 is 0 Å². The van der Waals surface area contributed by atoms with Gasteiger partial charge in [0.2, 0.25) is 5.91 Å². The van der Waals surface area contributed by atoms with Crippen LogP contribution in [0.2, 0.25) is 0 Å². The van der Waals surface area contributed by atoms with Gasteiger partial charge in [-0.05, 0) is 13.1 Å². The number of carbonyl (C=O) groups is 1. The van der Waals surface area contributed by atoms with E-state index in [0.29, 0.717) is 39.3 Å². The summed E-state index contributed by atoms with van der Waals surface area (Å²) in [4.78, 5) is 15.2. The minimum atomic E-state index is -3.39. The fraction of sp³-hybridized carbons (Fsp3) is 0.750. The van der Waals surface area contributed by atoms with Crippen LogP contribution in [-0.4, -0.2) is 92.1 Å². The van der Waals surface area contributed by atoms with Crippen molar-refractivity contribution in [3.63, 3.8) is 0 Å². The summed E-state index contributed by atoms with van der Waals surface area (Å²) in [6, 6.07) is 0. The summed E-state index contributed by atoms with van der Waals surface area (Å²) in [5, 5.41) is 0. The standard InChI is InChI=1S/C12H22N4O3S/c1-3-12(17)14-6-10-16(11-7-14)20(18,19)15-8-4-13(2)5-9-15/h3H,1,4-11H2,2H3. The van der Waals surface area contributed by atoms with Crippen LogP contribution in [-0.2, 0) is 15.0 Å². The molecule has 2 rings (SSSR count). The summed E-state index contributed by atoms with van der Waals surface area (Å²) in [5.74, 6) is -0.137. The second kappa shape index (κ2) is 6.21. The number of piperazine rings is 2.